The van der Waals surface area contributed by atoms with Gasteiger partial charge in [-0.05, 0) is 36.6 Å². The zero-order valence-corrected chi connectivity index (χ0v) is 13.2. The summed E-state index contributed by atoms with van der Waals surface area (Å²) >= 11 is 0. The van der Waals surface area contributed by atoms with E-state index in [4.69, 9.17) is 0 Å². The lowest BCUT2D eigenvalue weighted by molar-refractivity contribution is -0.677. The summed E-state index contributed by atoms with van der Waals surface area (Å²) in [6.45, 7) is 3.45. The van der Waals surface area contributed by atoms with Crippen LogP contribution < -0.4 is 22.3 Å². The highest BCUT2D eigenvalue weighted by Gasteiger charge is 2.17. The Labute approximate surface area is 131 Å². The lowest BCUT2D eigenvalue weighted by atomic mass is 9.99. The summed E-state index contributed by atoms with van der Waals surface area (Å²) in [5.41, 5.74) is 3.25. The number of nitrogens with one attached hydrogen (secondary N) is 1. The molecule has 1 aromatic carbocycles. The number of hydrogen-bond acceptors (Lipinski definition) is 2. The largest absolute Gasteiger partial charge is 1.00 e. The number of Topliss-reactive ketones (excluding diaryl/α,β-unsaturated/α-hetero) is 1. The first-order valence-electron chi connectivity index (χ1n) is 7.06. The van der Waals surface area contributed by atoms with E-state index in [0.717, 1.165) is 30.8 Å². The summed E-state index contributed by atoms with van der Waals surface area (Å²) in [5, 5.41) is 3.37. The summed E-state index contributed by atoms with van der Waals surface area (Å²) in [6, 6.07) is 6.01. The average Bonchev–Trinajstić information content (AvgIpc) is 2.78. The maximum atomic E-state index is 12.4. The van der Waals surface area contributed by atoms with Gasteiger partial charge in [0.2, 0.25) is 5.78 Å². The molecule has 21 heavy (non-hydrogen) atoms. The molecule has 0 radical (unpaired) electrons. The molecule has 0 spiro atoms. The number of rotatable bonds is 3. The Bertz CT molecular complexity index is 664. The number of ketones is 1. The summed E-state index contributed by atoms with van der Waals surface area (Å²) in [5.74, 6) is 1.25. The number of aryl methyl sites for hydroxylation is 2. The predicted octanol–water partition coefficient (Wildman–Crippen LogP) is -1.13. The Hall–Kier alpha value is -1.81. The van der Waals surface area contributed by atoms with E-state index in [2.05, 4.69) is 5.32 Å². The summed E-state index contributed by atoms with van der Waals surface area (Å²) in [4.78, 5) is 12.4. The van der Waals surface area contributed by atoms with E-state index in [1.54, 1.807) is 0 Å². The Morgan fingerprint density at radius 2 is 2.24 bits per heavy atom. The summed E-state index contributed by atoms with van der Waals surface area (Å²) in [6.07, 6.45) is 6.12. The summed E-state index contributed by atoms with van der Waals surface area (Å²) in [7, 11) is 1.99. The molecular weight excluding hydrogens is 286 g/mol. The maximum Gasteiger partial charge on any atom is 0.253 e. The van der Waals surface area contributed by atoms with Gasteiger partial charge in [-0.1, -0.05) is 0 Å². The van der Waals surface area contributed by atoms with Crippen LogP contribution in [0, 0.1) is 6.92 Å². The molecule has 112 valence electrons. The van der Waals surface area contributed by atoms with Crippen LogP contribution in [0.15, 0.2) is 30.6 Å². The number of fused-ring (bicyclic) bond motifs is 1. The molecule has 1 aromatic heterocycles. The smallest absolute Gasteiger partial charge is 0.253 e. The van der Waals surface area contributed by atoms with Crippen LogP contribution in [0.25, 0.3) is 0 Å². The molecule has 0 aliphatic carbocycles. The third-order valence-corrected chi connectivity index (χ3v) is 4.08. The van der Waals surface area contributed by atoms with Crippen LogP contribution in [0.1, 0.15) is 28.2 Å². The number of benzene rings is 1. The quantitative estimate of drug-likeness (QED) is 0.575. The van der Waals surface area contributed by atoms with Crippen molar-refractivity contribution in [1.82, 2.24) is 4.57 Å². The highest BCUT2D eigenvalue weighted by molar-refractivity contribution is 5.96. The van der Waals surface area contributed by atoms with Crippen LogP contribution in [-0.2, 0) is 20.0 Å². The van der Waals surface area contributed by atoms with Crippen molar-refractivity contribution < 1.29 is 21.8 Å². The van der Waals surface area contributed by atoms with Gasteiger partial charge in [0.15, 0.2) is 6.54 Å². The second kappa shape index (κ2) is 6.31. The van der Waals surface area contributed by atoms with Gasteiger partial charge < -0.3 is 17.7 Å². The van der Waals surface area contributed by atoms with Crippen molar-refractivity contribution >= 4 is 11.5 Å². The van der Waals surface area contributed by atoms with Gasteiger partial charge in [0.1, 0.15) is 12.4 Å². The Balaban J connectivity index is 0.00000161. The predicted molar refractivity (Wildman–Crippen MR) is 77.9 cm³/mol. The number of carbonyl (C=O) groups excluding carboxylic acids is 1. The molecule has 4 nitrogen and oxygen atoms in total. The van der Waals surface area contributed by atoms with E-state index < -0.39 is 0 Å². The molecular formula is C16H20ClN3O. The van der Waals surface area contributed by atoms with Gasteiger partial charge in [-0.15, -0.1) is 0 Å². The Kier molecular flexibility index (Phi) is 4.68. The van der Waals surface area contributed by atoms with E-state index >= 15 is 0 Å². The number of imidazole rings is 1. The first kappa shape index (κ1) is 15.6. The van der Waals surface area contributed by atoms with Gasteiger partial charge in [0, 0.05) is 24.7 Å². The zero-order chi connectivity index (χ0) is 14.1. The van der Waals surface area contributed by atoms with E-state index in [1.165, 1.54) is 11.3 Å². The van der Waals surface area contributed by atoms with Crippen molar-refractivity contribution in [2.45, 2.75) is 26.3 Å². The van der Waals surface area contributed by atoms with Crippen LogP contribution in [0.5, 0.6) is 0 Å². The second-order valence-corrected chi connectivity index (χ2v) is 5.41. The van der Waals surface area contributed by atoms with E-state index in [-0.39, 0.29) is 18.2 Å². The Morgan fingerprint density at radius 3 is 2.95 bits per heavy atom. The van der Waals surface area contributed by atoms with E-state index in [9.17, 15) is 4.79 Å². The van der Waals surface area contributed by atoms with E-state index in [1.807, 2.05) is 53.7 Å². The fourth-order valence-corrected chi connectivity index (χ4v) is 2.66. The molecule has 3 rings (SSSR count). The number of anilines is 1. The third kappa shape index (κ3) is 3.10. The molecule has 0 saturated carbocycles. The topological polar surface area (TPSA) is 37.9 Å². The zero-order valence-electron chi connectivity index (χ0n) is 12.4. The number of nitrogens with zero attached hydrogens (tertiary/aromatic N) is 2. The van der Waals surface area contributed by atoms with Crippen LogP contribution in [-0.4, -0.2) is 16.9 Å². The van der Waals surface area contributed by atoms with Crippen molar-refractivity contribution in [3.63, 3.8) is 0 Å². The third-order valence-electron chi connectivity index (χ3n) is 4.08. The molecule has 2 aromatic rings. The lowest BCUT2D eigenvalue weighted by Crippen LogP contribution is -3.00. The fraction of sp³-hybridized carbons (Fsp3) is 0.375. The maximum absolute atomic E-state index is 12.4. The Morgan fingerprint density at radius 1 is 1.43 bits per heavy atom. The van der Waals surface area contributed by atoms with Gasteiger partial charge in [-0.25, -0.2) is 9.13 Å². The standard InChI is InChI=1S/C16H19N3O.ClH/c1-12-18(2)8-9-19(12)11-16(20)14-5-6-15-13(10-14)4-3-7-17-15;/h5-6,8-10H,3-4,7,11H2,1-2H3;1H. The van der Waals surface area contributed by atoms with Gasteiger partial charge in [-0.2, -0.15) is 0 Å². The minimum absolute atomic E-state index is 0. The summed E-state index contributed by atoms with van der Waals surface area (Å²) < 4.78 is 4.00. The van der Waals surface area contributed by atoms with Gasteiger partial charge in [0.25, 0.3) is 5.82 Å². The van der Waals surface area contributed by atoms with Crippen LogP contribution in [0.2, 0.25) is 0 Å². The molecule has 5 heteroatoms. The minimum Gasteiger partial charge on any atom is -1.00 e. The molecule has 0 bridgehead atoms. The monoisotopic (exact) mass is 305 g/mol. The molecule has 0 unspecified atom stereocenters. The van der Waals surface area contributed by atoms with Crippen molar-refractivity contribution in [1.29, 1.82) is 0 Å². The average molecular weight is 306 g/mol. The molecule has 0 amide bonds. The number of hydrogen-bond donors (Lipinski definition) is 1. The number of carbonyl (C=O) groups is 1. The van der Waals surface area contributed by atoms with Crippen LogP contribution >= 0.6 is 0 Å². The SMILES string of the molecule is Cc1n(CC(=O)c2ccc3c(c2)CCCN3)cc[n+]1C.[Cl-]. The molecule has 0 atom stereocenters. The fourth-order valence-electron chi connectivity index (χ4n) is 2.66. The molecule has 0 saturated heterocycles. The van der Waals surface area contributed by atoms with Crippen molar-refractivity contribution in [3.05, 3.63) is 47.5 Å². The van der Waals surface area contributed by atoms with Crippen LogP contribution in [0.3, 0.4) is 0 Å². The van der Waals surface area contributed by atoms with E-state index in [0.29, 0.717) is 6.54 Å². The van der Waals surface area contributed by atoms with Crippen molar-refractivity contribution in [2.24, 2.45) is 7.05 Å². The normalized spacial score (nSPS) is 13.0. The number of aromatic nitrogens is 2. The molecule has 1 aliphatic rings. The van der Waals surface area contributed by atoms with Gasteiger partial charge in [0.05, 0.1) is 7.05 Å². The molecule has 0 fully saturated rings. The highest BCUT2D eigenvalue weighted by Crippen LogP contribution is 2.23. The second-order valence-electron chi connectivity index (χ2n) is 5.41. The molecule has 1 N–H and O–H groups in total. The van der Waals surface area contributed by atoms with Crippen LogP contribution in [0.4, 0.5) is 5.69 Å². The molecule has 1 aliphatic heterocycles. The minimum atomic E-state index is 0. The molecule has 2 heterocycles. The van der Waals surface area contributed by atoms with Crippen molar-refractivity contribution in [2.75, 3.05) is 11.9 Å². The first-order valence-corrected chi connectivity index (χ1v) is 7.06. The lowest BCUT2D eigenvalue weighted by Gasteiger charge is -2.18. The number of halogens is 1. The highest BCUT2D eigenvalue weighted by atomic mass is 35.5. The van der Waals surface area contributed by atoms with Gasteiger partial charge >= 0.3 is 0 Å². The van der Waals surface area contributed by atoms with Gasteiger partial charge in [-0.3, -0.25) is 4.79 Å². The van der Waals surface area contributed by atoms with Crippen molar-refractivity contribution in [3.8, 4) is 0 Å². The first-order chi connectivity index (χ1) is 9.65.